The van der Waals surface area contributed by atoms with E-state index in [0.29, 0.717) is 47.5 Å². The average Bonchev–Trinajstić information content (AvgIpc) is 3.03. The van der Waals surface area contributed by atoms with Gasteiger partial charge in [-0.05, 0) is 104 Å². The zero-order chi connectivity index (χ0) is 21.7. The van der Waals surface area contributed by atoms with Gasteiger partial charge in [0.2, 0.25) is 0 Å². The fourth-order valence-corrected chi connectivity index (χ4v) is 9.20. The molecule has 0 aromatic heterocycles. The van der Waals surface area contributed by atoms with Gasteiger partial charge in [0.15, 0.2) is 0 Å². The Balaban J connectivity index is 1.61. The molecular formula is C26H44O4. The van der Waals surface area contributed by atoms with Gasteiger partial charge in [0, 0.05) is 13.5 Å². The molecule has 0 amide bonds. The number of carbonyl (C=O) groups is 1. The predicted octanol–water partition coefficient (Wildman–Crippen LogP) is 4.96. The number of ether oxygens (including phenoxy) is 1. The minimum atomic E-state index is -0.227. The standard InChI is InChI=1S/C26H44O4/c1-5-19-22-15-18(30-16(2)28)10-12-26(22,4)21-11-13-25(3)17(7-6-14-27)8-9-20(25)23(21)24(19)29/h17-24,27,29H,5-15H2,1-4H3/t17-,18+,19+,20?,21?,22-,23?,24+,25+,26+/m0/s1. The van der Waals surface area contributed by atoms with Crippen LogP contribution in [0, 0.1) is 46.3 Å². The summed E-state index contributed by atoms with van der Waals surface area (Å²) >= 11 is 0. The minimum Gasteiger partial charge on any atom is -0.463 e. The minimum absolute atomic E-state index is 0.0292. The van der Waals surface area contributed by atoms with Crippen molar-refractivity contribution in [2.75, 3.05) is 6.61 Å². The van der Waals surface area contributed by atoms with Crippen molar-refractivity contribution in [1.82, 2.24) is 0 Å². The molecule has 0 heterocycles. The number of aliphatic hydroxyl groups is 2. The summed E-state index contributed by atoms with van der Waals surface area (Å²) in [5.74, 6) is 2.93. The van der Waals surface area contributed by atoms with Gasteiger partial charge >= 0.3 is 5.97 Å². The average molecular weight is 421 g/mol. The Morgan fingerprint density at radius 1 is 1.03 bits per heavy atom. The SMILES string of the molecule is CC[C@H]1[C@@H](O)C2C3CC[C@H](CCCO)[C@@]3(C)CCC2[C@@]2(C)CC[C@@H](OC(C)=O)C[C@@H]12. The first-order chi connectivity index (χ1) is 14.3. The molecule has 4 fully saturated rings. The lowest BCUT2D eigenvalue weighted by Gasteiger charge is -2.64. The second-order valence-corrected chi connectivity index (χ2v) is 11.7. The summed E-state index contributed by atoms with van der Waals surface area (Å²) in [7, 11) is 0. The fourth-order valence-electron chi connectivity index (χ4n) is 9.20. The maximum absolute atomic E-state index is 11.8. The van der Waals surface area contributed by atoms with Crippen molar-refractivity contribution in [3.63, 3.8) is 0 Å². The first kappa shape index (κ1) is 22.6. The van der Waals surface area contributed by atoms with Crippen molar-refractivity contribution in [3.8, 4) is 0 Å². The van der Waals surface area contributed by atoms with Gasteiger partial charge in [-0.1, -0.05) is 27.2 Å². The molecule has 4 rings (SSSR count). The lowest BCUT2D eigenvalue weighted by molar-refractivity contribution is -0.206. The molecule has 4 aliphatic carbocycles. The third kappa shape index (κ3) is 3.45. The second kappa shape index (κ2) is 8.39. The fraction of sp³-hybridized carbons (Fsp3) is 0.962. The molecule has 0 spiro atoms. The molecule has 0 aliphatic heterocycles. The second-order valence-electron chi connectivity index (χ2n) is 11.7. The van der Waals surface area contributed by atoms with Gasteiger partial charge in [-0.3, -0.25) is 4.79 Å². The van der Waals surface area contributed by atoms with Crippen LogP contribution in [-0.4, -0.2) is 35.0 Å². The van der Waals surface area contributed by atoms with Gasteiger partial charge in [-0.2, -0.15) is 0 Å². The van der Waals surface area contributed by atoms with Crippen LogP contribution in [0.1, 0.15) is 91.9 Å². The zero-order valence-electron chi connectivity index (χ0n) is 19.6. The van der Waals surface area contributed by atoms with E-state index in [0.717, 1.165) is 38.5 Å². The number of rotatable bonds is 5. The normalized spacial score (nSPS) is 50.3. The van der Waals surface area contributed by atoms with E-state index < -0.39 is 0 Å². The van der Waals surface area contributed by atoms with Crippen LogP contribution in [0.25, 0.3) is 0 Å². The summed E-state index contributed by atoms with van der Waals surface area (Å²) in [6.45, 7) is 9.07. The molecule has 0 saturated heterocycles. The highest BCUT2D eigenvalue weighted by atomic mass is 16.5. The van der Waals surface area contributed by atoms with E-state index in [1.54, 1.807) is 0 Å². The Morgan fingerprint density at radius 2 is 1.73 bits per heavy atom. The van der Waals surface area contributed by atoms with Crippen LogP contribution in [0.2, 0.25) is 0 Å². The van der Waals surface area contributed by atoms with Crippen LogP contribution in [0.15, 0.2) is 0 Å². The third-order valence-electron chi connectivity index (χ3n) is 10.6. The molecule has 2 N–H and O–H groups in total. The van der Waals surface area contributed by atoms with Crippen LogP contribution in [-0.2, 0) is 9.53 Å². The van der Waals surface area contributed by atoms with E-state index in [-0.39, 0.29) is 23.6 Å². The molecule has 0 radical (unpaired) electrons. The molecule has 4 saturated carbocycles. The number of esters is 1. The van der Waals surface area contributed by atoms with E-state index in [1.165, 1.54) is 32.6 Å². The van der Waals surface area contributed by atoms with Gasteiger partial charge in [-0.25, -0.2) is 0 Å². The van der Waals surface area contributed by atoms with E-state index >= 15 is 0 Å². The molecule has 10 atom stereocenters. The highest BCUT2D eigenvalue weighted by Crippen LogP contribution is 2.69. The highest BCUT2D eigenvalue weighted by molar-refractivity contribution is 5.66. The number of aliphatic hydroxyl groups excluding tert-OH is 2. The summed E-state index contributed by atoms with van der Waals surface area (Å²) in [6, 6.07) is 0. The monoisotopic (exact) mass is 420 g/mol. The van der Waals surface area contributed by atoms with Gasteiger partial charge in [-0.15, -0.1) is 0 Å². The molecule has 0 aromatic carbocycles. The van der Waals surface area contributed by atoms with Crippen LogP contribution < -0.4 is 0 Å². The van der Waals surface area contributed by atoms with E-state index in [9.17, 15) is 15.0 Å². The van der Waals surface area contributed by atoms with Crippen molar-refractivity contribution < 1.29 is 19.7 Å². The molecule has 172 valence electrons. The van der Waals surface area contributed by atoms with Crippen LogP contribution in [0.5, 0.6) is 0 Å². The van der Waals surface area contributed by atoms with E-state index in [1.807, 2.05) is 0 Å². The summed E-state index contributed by atoms with van der Waals surface area (Å²) in [5.41, 5.74) is 0.583. The van der Waals surface area contributed by atoms with E-state index in [4.69, 9.17) is 4.74 Å². The summed E-state index contributed by atoms with van der Waals surface area (Å²) < 4.78 is 5.65. The quantitative estimate of drug-likeness (QED) is 0.617. The molecule has 0 bridgehead atoms. The third-order valence-corrected chi connectivity index (χ3v) is 10.6. The number of fused-ring (bicyclic) bond motifs is 5. The van der Waals surface area contributed by atoms with Crippen LogP contribution in [0.4, 0.5) is 0 Å². The largest absolute Gasteiger partial charge is 0.463 e. The predicted molar refractivity (Wildman–Crippen MR) is 118 cm³/mol. The lowest BCUT2D eigenvalue weighted by Crippen LogP contribution is -2.62. The number of hydrogen-bond acceptors (Lipinski definition) is 4. The Labute approximate surface area is 183 Å². The summed E-state index contributed by atoms with van der Waals surface area (Å²) in [6.07, 6.45) is 10.9. The maximum atomic E-state index is 11.8. The topological polar surface area (TPSA) is 66.8 Å². The van der Waals surface area contributed by atoms with Crippen molar-refractivity contribution in [2.45, 2.75) is 104 Å². The Kier molecular flexibility index (Phi) is 6.31. The Morgan fingerprint density at radius 3 is 2.40 bits per heavy atom. The molecule has 4 heteroatoms. The molecule has 30 heavy (non-hydrogen) atoms. The van der Waals surface area contributed by atoms with Crippen LogP contribution in [0.3, 0.4) is 0 Å². The zero-order valence-corrected chi connectivity index (χ0v) is 19.6. The molecule has 4 nitrogen and oxygen atoms in total. The Bertz CT molecular complexity index is 635. The van der Waals surface area contributed by atoms with Crippen molar-refractivity contribution in [2.24, 2.45) is 46.3 Å². The van der Waals surface area contributed by atoms with Gasteiger partial charge < -0.3 is 14.9 Å². The van der Waals surface area contributed by atoms with E-state index in [2.05, 4.69) is 20.8 Å². The highest BCUT2D eigenvalue weighted by Gasteiger charge is 2.64. The van der Waals surface area contributed by atoms with Crippen molar-refractivity contribution in [3.05, 3.63) is 0 Å². The smallest absolute Gasteiger partial charge is 0.302 e. The first-order valence-corrected chi connectivity index (χ1v) is 12.7. The van der Waals surface area contributed by atoms with Crippen LogP contribution >= 0.6 is 0 Å². The molecule has 3 unspecified atom stereocenters. The van der Waals surface area contributed by atoms with Crippen molar-refractivity contribution >= 4 is 5.97 Å². The Hall–Kier alpha value is -0.610. The molecular weight excluding hydrogens is 376 g/mol. The first-order valence-electron chi connectivity index (χ1n) is 12.7. The van der Waals surface area contributed by atoms with Gasteiger partial charge in [0.25, 0.3) is 0 Å². The lowest BCUT2D eigenvalue weighted by atomic mass is 9.41. The number of carbonyl (C=O) groups excluding carboxylic acids is 1. The summed E-state index contributed by atoms with van der Waals surface area (Å²) in [4.78, 5) is 11.6. The van der Waals surface area contributed by atoms with Gasteiger partial charge in [0.05, 0.1) is 6.10 Å². The summed E-state index contributed by atoms with van der Waals surface area (Å²) in [5, 5.41) is 21.1. The number of hydrogen-bond donors (Lipinski definition) is 2. The van der Waals surface area contributed by atoms with Gasteiger partial charge in [0.1, 0.15) is 6.10 Å². The molecule has 4 aliphatic rings. The van der Waals surface area contributed by atoms with Crippen molar-refractivity contribution in [1.29, 1.82) is 0 Å². The molecule has 0 aromatic rings. The maximum Gasteiger partial charge on any atom is 0.302 e.